The molecule has 1 rings (SSSR count). The number of ether oxygens (including phenoxy) is 3. The number of rotatable bonds is 6. The Kier molecular flexibility index (Phi) is 4.70. The van der Waals surface area contributed by atoms with Crippen molar-refractivity contribution in [1.82, 2.24) is 0 Å². The Morgan fingerprint density at radius 3 is 2.25 bits per heavy atom. The van der Waals surface area contributed by atoms with Gasteiger partial charge in [-0.25, -0.2) is 0 Å². The summed E-state index contributed by atoms with van der Waals surface area (Å²) < 4.78 is 15.9. The zero-order chi connectivity index (χ0) is 12.0. The molecule has 16 heavy (non-hydrogen) atoms. The minimum Gasteiger partial charge on any atom is -0.493 e. The lowest BCUT2D eigenvalue weighted by Gasteiger charge is -2.15. The fraction of sp³-hybridized carbons (Fsp3) is 0.385. The minimum atomic E-state index is 0.645. The maximum absolute atomic E-state index is 5.37. The summed E-state index contributed by atoms with van der Waals surface area (Å²) in [6.45, 7) is 3.71. The van der Waals surface area contributed by atoms with Gasteiger partial charge in [0.05, 0.1) is 21.3 Å². The maximum atomic E-state index is 5.37. The molecule has 0 saturated heterocycles. The van der Waals surface area contributed by atoms with Crippen molar-refractivity contribution in [3.8, 4) is 17.2 Å². The number of aryl methyl sites for hydroxylation is 1. The first-order chi connectivity index (χ1) is 7.78. The summed E-state index contributed by atoms with van der Waals surface area (Å²) in [5.74, 6) is 2.07. The average molecular weight is 222 g/mol. The number of methoxy groups -OCH3 is 3. The third-order valence-electron chi connectivity index (χ3n) is 2.40. The Hall–Kier alpha value is -1.64. The van der Waals surface area contributed by atoms with Crippen LogP contribution >= 0.6 is 0 Å². The summed E-state index contributed by atoms with van der Waals surface area (Å²) in [5, 5.41) is 0. The third kappa shape index (κ3) is 2.48. The van der Waals surface area contributed by atoms with E-state index in [1.165, 1.54) is 0 Å². The molecular weight excluding hydrogens is 204 g/mol. The van der Waals surface area contributed by atoms with Crippen molar-refractivity contribution in [3.63, 3.8) is 0 Å². The van der Waals surface area contributed by atoms with Gasteiger partial charge in [0, 0.05) is 0 Å². The molecule has 0 N–H and O–H groups in total. The van der Waals surface area contributed by atoms with Crippen LogP contribution < -0.4 is 14.2 Å². The van der Waals surface area contributed by atoms with Gasteiger partial charge < -0.3 is 14.2 Å². The SMILES string of the molecule is C=CCCc1ccc(OC)c(OC)c1OC. The molecule has 0 aromatic heterocycles. The van der Waals surface area contributed by atoms with Crippen molar-refractivity contribution in [2.45, 2.75) is 12.8 Å². The van der Waals surface area contributed by atoms with Gasteiger partial charge >= 0.3 is 0 Å². The Morgan fingerprint density at radius 2 is 1.75 bits per heavy atom. The minimum absolute atomic E-state index is 0.645. The predicted octanol–water partition coefficient (Wildman–Crippen LogP) is 2.83. The quantitative estimate of drug-likeness (QED) is 0.693. The second-order valence-electron chi connectivity index (χ2n) is 3.32. The highest BCUT2D eigenvalue weighted by molar-refractivity contribution is 5.55. The molecule has 0 amide bonds. The topological polar surface area (TPSA) is 27.7 Å². The smallest absolute Gasteiger partial charge is 0.203 e. The Bertz CT molecular complexity index is 358. The van der Waals surface area contributed by atoms with Crippen LogP contribution in [0.3, 0.4) is 0 Å². The van der Waals surface area contributed by atoms with Gasteiger partial charge in [-0.05, 0) is 24.5 Å². The molecule has 0 unspecified atom stereocenters. The monoisotopic (exact) mass is 222 g/mol. The summed E-state index contributed by atoms with van der Waals surface area (Å²) in [7, 11) is 4.85. The average Bonchev–Trinajstić information content (AvgIpc) is 2.34. The van der Waals surface area contributed by atoms with Gasteiger partial charge in [-0.3, -0.25) is 0 Å². The first-order valence-corrected chi connectivity index (χ1v) is 5.17. The fourth-order valence-electron chi connectivity index (χ4n) is 1.62. The van der Waals surface area contributed by atoms with E-state index < -0.39 is 0 Å². The van der Waals surface area contributed by atoms with Gasteiger partial charge in [0.25, 0.3) is 0 Å². The van der Waals surface area contributed by atoms with Crippen molar-refractivity contribution in [1.29, 1.82) is 0 Å². The maximum Gasteiger partial charge on any atom is 0.203 e. The Balaban J connectivity index is 3.14. The number of allylic oxidation sites excluding steroid dienone is 1. The summed E-state index contributed by atoms with van der Waals surface area (Å²) in [6, 6.07) is 3.88. The highest BCUT2D eigenvalue weighted by Gasteiger charge is 2.14. The molecule has 0 radical (unpaired) electrons. The summed E-state index contributed by atoms with van der Waals surface area (Å²) in [4.78, 5) is 0. The van der Waals surface area contributed by atoms with Crippen LogP contribution in [0.15, 0.2) is 24.8 Å². The molecule has 0 spiro atoms. The Labute approximate surface area is 96.6 Å². The van der Waals surface area contributed by atoms with Gasteiger partial charge in [-0.1, -0.05) is 12.1 Å². The number of benzene rings is 1. The Morgan fingerprint density at radius 1 is 1.06 bits per heavy atom. The summed E-state index contributed by atoms with van der Waals surface area (Å²) >= 11 is 0. The van der Waals surface area contributed by atoms with Gasteiger partial charge in [-0.15, -0.1) is 6.58 Å². The van der Waals surface area contributed by atoms with E-state index in [9.17, 15) is 0 Å². The third-order valence-corrected chi connectivity index (χ3v) is 2.40. The van der Waals surface area contributed by atoms with Crippen molar-refractivity contribution < 1.29 is 14.2 Å². The van der Waals surface area contributed by atoms with Crippen LogP contribution in [0.4, 0.5) is 0 Å². The molecule has 0 fully saturated rings. The normalized spacial score (nSPS) is 9.69. The molecule has 0 saturated carbocycles. The van der Waals surface area contributed by atoms with Crippen LogP contribution in [-0.4, -0.2) is 21.3 Å². The van der Waals surface area contributed by atoms with Gasteiger partial charge in [-0.2, -0.15) is 0 Å². The fourth-order valence-corrected chi connectivity index (χ4v) is 1.62. The van der Waals surface area contributed by atoms with Crippen molar-refractivity contribution in [2.75, 3.05) is 21.3 Å². The molecule has 3 nitrogen and oxygen atoms in total. The van der Waals surface area contributed by atoms with E-state index in [0.29, 0.717) is 11.5 Å². The molecule has 0 atom stereocenters. The largest absolute Gasteiger partial charge is 0.493 e. The molecule has 3 heteroatoms. The van der Waals surface area contributed by atoms with Gasteiger partial charge in [0.2, 0.25) is 5.75 Å². The van der Waals surface area contributed by atoms with E-state index in [0.717, 1.165) is 24.2 Å². The van der Waals surface area contributed by atoms with Crippen LogP contribution in [-0.2, 0) is 6.42 Å². The molecule has 1 aromatic carbocycles. The van der Waals surface area contributed by atoms with Crippen molar-refractivity contribution in [2.24, 2.45) is 0 Å². The lowest BCUT2D eigenvalue weighted by atomic mass is 10.1. The molecule has 88 valence electrons. The summed E-state index contributed by atoms with van der Waals surface area (Å²) in [6.07, 6.45) is 3.68. The second kappa shape index (κ2) is 6.05. The van der Waals surface area contributed by atoms with E-state index >= 15 is 0 Å². The molecule has 1 aromatic rings. The van der Waals surface area contributed by atoms with Crippen molar-refractivity contribution >= 4 is 0 Å². The van der Waals surface area contributed by atoms with Crippen LogP contribution in [0.5, 0.6) is 17.2 Å². The van der Waals surface area contributed by atoms with E-state index in [2.05, 4.69) is 6.58 Å². The first kappa shape index (κ1) is 12.4. The van der Waals surface area contributed by atoms with E-state index in [1.807, 2.05) is 18.2 Å². The van der Waals surface area contributed by atoms with Crippen LogP contribution in [0.25, 0.3) is 0 Å². The molecule has 0 heterocycles. The van der Waals surface area contributed by atoms with Crippen molar-refractivity contribution in [3.05, 3.63) is 30.4 Å². The van der Waals surface area contributed by atoms with Crippen LogP contribution in [0, 0.1) is 0 Å². The highest BCUT2D eigenvalue weighted by Crippen LogP contribution is 2.40. The predicted molar refractivity (Wildman–Crippen MR) is 64.6 cm³/mol. The van der Waals surface area contributed by atoms with E-state index in [-0.39, 0.29) is 0 Å². The van der Waals surface area contributed by atoms with E-state index in [4.69, 9.17) is 14.2 Å². The lowest BCUT2D eigenvalue weighted by Crippen LogP contribution is -1.98. The highest BCUT2D eigenvalue weighted by atomic mass is 16.5. The van der Waals surface area contributed by atoms with Gasteiger partial charge in [0.15, 0.2) is 11.5 Å². The van der Waals surface area contributed by atoms with Crippen LogP contribution in [0.1, 0.15) is 12.0 Å². The second-order valence-corrected chi connectivity index (χ2v) is 3.32. The van der Waals surface area contributed by atoms with Gasteiger partial charge in [0.1, 0.15) is 0 Å². The zero-order valence-corrected chi connectivity index (χ0v) is 10.1. The molecular formula is C13H18O3. The molecule has 0 aliphatic carbocycles. The molecule has 0 aliphatic heterocycles. The molecule has 0 aliphatic rings. The summed E-state index contributed by atoms with van der Waals surface area (Å²) in [5.41, 5.74) is 1.10. The molecule has 0 bridgehead atoms. The standard InChI is InChI=1S/C13H18O3/c1-5-6-7-10-8-9-11(14-2)13(16-4)12(10)15-3/h5,8-9H,1,6-7H2,2-4H3. The zero-order valence-electron chi connectivity index (χ0n) is 10.1. The number of hydrogen-bond donors (Lipinski definition) is 0. The lowest BCUT2D eigenvalue weighted by molar-refractivity contribution is 0.322. The first-order valence-electron chi connectivity index (χ1n) is 5.17. The van der Waals surface area contributed by atoms with Crippen LogP contribution in [0.2, 0.25) is 0 Å². The number of hydrogen-bond acceptors (Lipinski definition) is 3. The van der Waals surface area contributed by atoms with E-state index in [1.54, 1.807) is 21.3 Å².